The van der Waals surface area contributed by atoms with Gasteiger partial charge in [0.05, 0.1) is 23.6 Å². The first-order valence-electron chi connectivity index (χ1n) is 10.7. The number of thioether (sulfide) groups is 2. The molecule has 0 atom stereocenters. The molecule has 2 fully saturated rings. The van der Waals surface area contributed by atoms with E-state index in [1.54, 1.807) is 18.4 Å². The van der Waals surface area contributed by atoms with Crippen molar-refractivity contribution in [1.29, 1.82) is 0 Å². The molecular formula is C23H27N3O2S3. The van der Waals surface area contributed by atoms with Crippen LogP contribution in [-0.4, -0.2) is 46.6 Å². The number of rotatable bonds is 6. The van der Waals surface area contributed by atoms with E-state index in [-0.39, 0.29) is 0 Å². The van der Waals surface area contributed by atoms with Crippen LogP contribution < -0.4 is 9.47 Å². The van der Waals surface area contributed by atoms with Crippen LogP contribution >= 0.6 is 34.9 Å². The summed E-state index contributed by atoms with van der Waals surface area (Å²) in [7, 11) is 1.70. The van der Waals surface area contributed by atoms with Gasteiger partial charge in [0.2, 0.25) is 5.88 Å². The van der Waals surface area contributed by atoms with Crippen LogP contribution in [0.25, 0.3) is 10.2 Å². The van der Waals surface area contributed by atoms with Gasteiger partial charge >= 0.3 is 0 Å². The van der Waals surface area contributed by atoms with Gasteiger partial charge in [-0.25, -0.2) is 4.98 Å². The molecule has 3 aromatic rings. The highest BCUT2D eigenvalue weighted by molar-refractivity contribution is 8.19. The summed E-state index contributed by atoms with van der Waals surface area (Å²) in [4.78, 5) is 14.4. The molecule has 2 aliphatic rings. The summed E-state index contributed by atoms with van der Waals surface area (Å²) >= 11 is 5.70. The van der Waals surface area contributed by atoms with Gasteiger partial charge < -0.3 is 9.47 Å². The Morgan fingerprint density at radius 1 is 1.06 bits per heavy atom. The third kappa shape index (κ3) is 4.40. The molecule has 0 amide bonds. The lowest BCUT2D eigenvalue weighted by Crippen LogP contribution is -2.20. The van der Waals surface area contributed by atoms with Crippen LogP contribution in [0.4, 0.5) is 0 Å². The van der Waals surface area contributed by atoms with Gasteiger partial charge in [-0.05, 0) is 63.0 Å². The molecule has 0 radical (unpaired) electrons. The van der Waals surface area contributed by atoms with Crippen molar-refractivity contribution in [2.75, 3.05) is 31.7 Å². The zero-order valence-electron chi connectivity index (χ0n) is 18.1. The van der Waals surface area contributed by atoms with Crippen molar-refractivity contribution in [3.63, 3.8) is 0 Å². The van der Waals surface area contributed by atoms with E-state index in [0.717, 1.165) is 41.4 Å². The number of aryl methyl sites for hydroxylation is 2. The third-order valence-corrected chi connectivity index (χ3v) is 10.1. The lowest BCUT2D eigenvalue weighted by molar-refractivity contribution is 0.320. The largest absolute Gasteiger partial charge is 0.493 e. The Morgan fingerprint density at radius 2 is 1.84 bits per heavy atom. The SMILES string of the molecule is COc1cc(C2SCCS2)ccc1Oc1nc(CN2CCCC2)nc2sc(C)c(C)c12. The number of thiophene rings is 1. The number of nitrogens with zero attached hydrogens (tertiary/aromatic N) is 3. The maximum Gasteiger partial charge on any atom is 0.231 e. The minimum absolute atomic E-state index is 0.475. The van der Waals surface area contributed by atoms with E-state index < -0.39 is 0 Å². The van der Waals surface area contributed by atoms with E-state index in [4.69, 9.17) is 19.4 Å². The molecule has 2 saturated heterocycles. The molecule has 2 aliphatic heterocycles. The highest BCUT2D eigenvalue weighted by Crippen LogP contribution is 2.47. The number of hydrogen-bond acceptors (Lipinski definition) is 8. The molecule has 0 bridgehead atoms. The maximum atomic E-state index is 6.43. The second kappa shape index (κ2) is 9.17. The van der Waals surface area contributed by atoms with Crippen molar-refractivity contribution < 1.29 is 9.47 Å². The van der Waals surface area contributed by atoms with E-state index in [2.05, 4.69) is 30.9 Å². The smallest absolute Gasteiger partial charge is 0.231 e. The Kier molecular flexibility index (Phi) is 6.32. The van der Waals surface area contributed by atoms with Crippen molar-refractivity contribution in [3.8, 4) is 17.4 Å². The Hall–Kier alpha value is -1.48. The summed E-state index contributed by atoms with van der Waals surface area (Å²) in [5.74, 6) is 5.32. The van der Waals surface area contributed by atoms with Gasteiger partial charge in [0, 0.05) is 16.4 Å². The first-order chi connectivity index (χ1) is 15.1. The average molecular weight is 474 g/mol. The quantitative estimate of drug-likeness (QED) is 0.423. The second-order valence-corrected chi connectivity index (χ2v) is 11.9. The van der Waals surface area contributed by atoms with Crippen LogP contribution in [0.15, 0.2) is 18.2 Å². The van der Waals surface area contributed by atoms with Crippen molar-refractivity contribution >= 4 is 45.1 Å². The van der Waals surface area contributed by atoms with Crippen LogP contribution in [0.1, 0.15) is 39.3 Å². The van der Waals surface area contributed by atoms with Crippen LogP contribution in [-0.2, 0) is 6.54 Å². The number of benzene rings is 1. The predicted octanol–water partition coefficient (Wildman–Crippen LogP) is 6.18. The van der Waals surface area contributed by atoms with E-state index in [1.807, 2.05) is 29.6 Å². The summed E-state index contributed by atoms with van der Waals surface area (Å²) in [6, 6.07) is 6.29. The van der Waals surface area contributed by atoms with Crippen molar-refractivity contribution in [3.05, 3.63) is 40.0 Å². The Bertz CT molecular complexity index is 1090. The summed E-state index contributed by atoms with van der Waals surface area (Å²) < 4.78 is 12.6. The number of likely N-dealkylation sites (tertiary alicyclic amines) is 1. The lowest BCUT2D eigenvalue weighted by Gasteiger charge is -2.16. The first kappa shape index (κ1) is 21.4. The zero-order chi connectivity index (χ0) is 21.4. The van der Waals surface area contributed by atoms with Gasteiger partial charge in [-0.2, -0.15) is 4.98 Å². The molecule has 0 N–H and O–H groups in total. The van der Waals surface area contributed by atoms with E-state index in [9.17, 15) is 0 Å². The fourth-order valence-electron chi connectivity index (χ4n) is 4.11. The Morgan fingerprint density at radius 3 is 2.58 bits per heavy atom. The van der Waals surface area contributed by atoms with Gasteiger partial charge in [-0.15, -0.1) is 34.9 Å². The molecule has 2 aromatic heterocycles. The number of hydrogen-bond donors (Lipinski definition) is 0. The summed E-state index contributed by atoms with van der Waals surface area (Å²) in [5, 5.41) is 1.01. The molecule has 5 rings (SSSR count). The van der Waals surface area contributed by atoms with E-state index in [1.165, 1.54) is 40.4 Å². The molecule has 1 aromatic carbocycles. The van der Waals surface area contributed by atoms with Gasteiger partial charge in [-0.1, -0.05) is 6.07 Å². The van der Waals surface area contributed by atoms with Crippen molar-refractivity contribution in [2.24, 2.45) is 0 Å². The normalized spacial score (nSPS) is 17.6. The fourth-order valence-corrected chi connectivity index (χ4v) is 7.99. The standard InChI is InChI=1S/C23H27N3O2S3/c1-14-15(2)31-22-20(14)21(24-19(25-22)13-26-8-4-5-9-26)28-17-7-6-16(12-18(17)27-3)23-29-10-11-30-23/h6-7,12,23H,4-5,8-11,13H2,1-3H3. The summed E-state index contributed by atoms with van der Waals surface area (Å²) in [6.07, 6.45) is 2.51. The van der Waals surface area contributed by atoms with Gasteiger partial charge in [-0.3, -0.25) is 4.90 Å². The molecule has 164 valence electrons. The minimum atomic E-state index is 0.475. The fraction of sp³-hybridized carbons (Fsp3) is 0.478. The highest BCUT2D eigenvalue weighted by atomic mass is 32.2. The Balaban J connectivity index is 1.51. The first-order valence-corrected chi connectivity index (χ1v) is 13.6. The highest BCUT2D eigenvalue weighted by Gasteiger charge is 2.22. The minimum Gasteiger partial charge on any atom is -0.493 e. The van der Waals surface area contributed by atoms with Gasteiger partial charge in [0.25, 0.3) is 0 Å². The van der Waals surface area contributed by atoms with Crippen molar-refractivity contribution in [2.45, 2.75) is 37.8 Å². The molecule has 0 spiro atoms. The summed E-state index contributed by atoms with van der Waals surface area (Å²) in [6.45, 7) is 7.27. The average Bonchev–Trinajstić information content (AvgIpc) is 3.52. The molecule has 0 aliphatic carbocycles. The summed E-state index contributed by atoms with van der Waals surface area (Å²) in [5.41, 5.74) is 2.47. The van der Waals surface area contributed by atoms with Gasteiger partial charge in [0.1, 0.15) is 10.7 Å². The molecule has 4 heterocycles. The molecule has 31 heavy (non-hydrogen) atoms. The monoisotopic (exact) mass is 473 g/mol. The number of methoxy groups -OCH3 is 1. The number of aromatic nitrogens is 2. The second-order valence-electron chi connectivity index (χ2n) is 7.98. The number of fused-ring (bicyclic) bond motifs is 1. The van der Waals surface area contributed by atoms with Gasteiger partial charge in [0.15, 0.2) is 11.5 Å². The molecule has 8 heteroatoms. The zero-order valence-corrected chi connectivity index (χ0v) is 20.6. The molecular weight excluding hydrogens is 446 g/mol. The van der Waals surface area contributed by atoms with E-state index >= 15 is 0 Å². The Labute approximate surface area is 195 Å². The lowest BCUT2D eigenvalue weighted by atomic mass is 10.2. The van der Waals surface area contributed by atoms with Crippen LogP contribution in [0.3, 0.4) is 0 Å². The third-order valence-electron chi connectivity index (χ3n) is 5.89. The van der Waals surface area contributed by atoms with Crippen LogP contribution in [0.2, 0.25) is 0 Å². The predicted molar refractivity (Wildman–Crippen MR) is 132 cm³/mol. The van der Waals surface area contributed by atoms with Crippen molar-refractivity contribution in [1.82, 2.24) is 14.9 Å². The topological polar surface area (TPSA) is 47.5 Å². The molecule has 5 nitrogen and oxygen atoms in total. The molecule has 0 unspecified atom stereocenters. The van der Waals surface area contributed by atoms with E-state index in [0.29, 0.717) is 16.2 Å². The van der Waals surface area contributed by atoms with Crippen LogP contribution in [0, 0.1) is 13.8 Å². The molecule has 0 saturated carbocycles. The maximum absolute atomic E-state index is 6.43. The van der Waals surface area contributed by atoms with Crippen LogP contribution in [0.5, 0.6) is 17.4 Å². The number of ether oxygens (including phenoxy) is 2.